The van der Waals surface area contributed by atoms with E-state index >= 15 is 0 Å². The predicted octanol–water partition coefficient (Wildman–Crippen LogP) is -0.771. The molecule has 0 aliphatic carbocycles. The number of thioether (sulfide) groups is 1. The van der Waals surface area contributed by atoms with Gasteiger partial charge >= 0.3 is 0 Å². The van der Waals surface area contributed by atoms with Gasteiger partial charge in [0.1, 0.15) is 0 Å². The molecule has 0 radical (unpaired) electrons. The number of aliphatic hydroxyl groups excluding tert-OH is 1. The van der Waals surface area contributed by atoms with Crippen LogP contribution in [0.5, 0.6) is 0 Å². The van der Waals surface area contributed by atoms with Crippen molar-refractivity contribution in [3.8, 4) is 0 Å². The van der Waals surface area contributed by atoms with Gasteiger partial charge in [-0.1, -0.05) is 0 Å². The summed E-state index contributed by atoms with van der Waals surface area (Å²) in [5.74, 6) is 2.20. The van der Waals surface area contributed by atoms with E-state index in [0.29, 0.717) is 13.1 Å². The van der Waals surface area contributed by atoms with Crippen molar-refractivity contribution in [2.75, 3.05) is 37.7 Å². The molecule has 2 heterocycles. The molecule has 1 aliphatic rings. The predicted molar refractivity (Wildman–Crippen MR) is 73.5 cm³/mol. The van der Waals surface area contributed by atoms with Crippen molar-refractivity contribution in [1.29, 1.82) is 0 Å². The summed E-state index contributed by atoms with van der Waals surface area (Å²) < 4.78 is 26.5. The maximum absolute atomic E-state index is 12.0. The maximum atomic E-state index is 12.0. The van der Waals surface area contributed by atoms with E-state index in [0.717, 1.165) is 24.6 Å². The van der Waals surface area contributed by atoms with Gasteiger partial charge in [0.15, 0.2) is 5.03 Å². The Morgan fingerprint density at radius 1 is 1.47 bits per heavy atom. The second-order valence-corrected chi connectivity index (χ2v) is 7.16. The standard InChI is InChI=1S/C10H18N4O3S2/c15-8-9-7-11-13-10(9)19(16,17)12-1-2-14-3-5-18-6-4-14/h7,12,15H,1-6,8H2,(H,11,13). The Balaban J connectivity index is 1.87. The van der Waals surface area contributed by atoms with E-state index in [-0.39, 0.29) is 17.2 Å². The van der Waals surface area contributed by atoms with Gasteiger partial charge in [-0.2, -0.15) is 16.9 Å². The molecule has 1 aromatic rings. The van der Waals surface area contributed by atoms with Crippen molar-refractivity contribution in [3.63, 3.8) is 0 Å². The molecule has 7 nitrogen and oxygen atoms in total. The lowest BCUT2D eigenvalue weighted by atomic mass is 10.4. The summed E-state index contributed by atoms with van der Waals surface area (Å²) in [5.41, 5.74) is 0.280. The molecule has 1 aromatic heterocycles. The fourth-order valence-electron chi connectivity index (χ4n) is 1.88. The van der Waals surface area contributed by atoms with Crippen LogP contribution in [-0.2, 0) is 16.6 Å². The molecular formula is C10H18N4O3S2. The van der Waals surface area contributed by atoms with Crippen LogP contribution >= 0.6 is 11.8 Å². The Bertz CT molecular complexity index is 497. The Hall–Kier alpha value is -0.610. The lowest BCUT2D eigenvalue weighted by Gasteiger charge is -2.25. The van der Waals surface area contributed by atoms with Gasteiger partial charge < -0.3 is 10.0 Å². The molecule has 108 valence electrons. The van der Waals surface area contributed by atoms with Crippen LogP contribution in [0.25, 0.3) is 0 Å². The lowest BCUT2D eigenvalue weighted by molar-refractivity contribution is 0.278. The van der Waals surface area contributed by atoms with Crippen molar-refractivity contribution in [1.82, 2.24) is 19.8 Å². The second kappa shape index (κ2) is 6.71. The molecule has 3 N–H and O–H groups in total. The minimum Gasteiger partial charge on any atom is -0.392 e. The molecule has 1 saturated heterocycles. The van der Waals surface area contributed by atoms with E-state index in [4.69, 9.17) is 5.11 Å². The number of aromatic nitrogens is 2. The molecule has 0 amide bonds. The van der Waals surface area contributed by atoms with E-state index in [1.54, 1.807) is 0 Å². The zero-order chi connectivity index (χ0) is 13.7. The van der Waals surface area contributed by atoms with Gasteiger partial charge in [0.25, 0.3) is 10.0 Å². The second-order valence-electron chi connectivity index (χ2n) is 4.23. The van der Waals surface area contributed by atoms with Crippen LogP contribution in [0, 0.1) is 0 Å². The molecule has 9 heteroatoms. The minimum atomic E-state index is -3.62. The molecule has 2 rings (SSSR count). The van der Waals surface area contributed by atoms with Gasteiger partial charge in [-0.3, -0.25) is 5.10 Å². The SMILES string of the molecule is O=S(=O)(NCCN1CCSCC1)c1[nH]ncc1CO. The van der Waals surface area contributed by atoms with Crippen molar-refractivity contribution < 1.29 is 13.5 Å². The summed E-state index contributed by atoms with van der Waals surface area (Å²) in [6, 6.07) is 0. The molecule has 1 fully saturated rings. The minimum absolute atomic E-state index is 0.0517. The fourth-order valence-corrected chi connectivity index (χ4v) is 4.00. The van der Waals surface area contributed by atoms with Gasteiger partial charge in [-0.05, 0) is 0 Å². The van der Waals surface area contributed by atoms with E-state index in [9.17, 15) is 8.42 Å². The van der Waals surface area contributed by atoms with Crippen LogP contribution in [0.2, 0.25) is 0 Å². The first-order valence-corrected chi connectivity index (χ1v) is 8.70. The number of H-pyrrole nitrogens is 1. The number of sulfonamides is 1. The monoisotopic (exact) mass is 306 g/mol. The molecule has 0 atom stereocenters. The highest BCUT2D eigenvalue weighted by Crippen LogP contribution is 2.11. The summed E-state index contributed by atoms with van der Waals surface area (Å²) in [5, 5.41) is 15.0. The van der Waals surface area contributed by atoms with Crippen molar-refractivity contribution in [3.05, 3.63) is 11.8 Å². The fraction of sp³-hybridized carbons (Fsp3) is 0.700. The average Bonchev–Trinajstić information content (AvgIpc) is 2.89. The number of hydrogen-bond donors (Lipinski definition) is 3. The molecular weight excluding hydrogens is 288 g/mol. The number of hydrogen-bond acceptors (Lipinski definition) is 6. The molecule has 0 aromatic carbocycles. The van der Waals surface area contributed by atoms with Crippen molar-refractivity contribution >= 4 is 21.8 Å². The van der Waals surface area contributed by atoms with E-state index in [1.807, 2.05) is 11.8 Å². The molecule has 1 aliphatic heterocycles. The maximum Gasteiger partial charge on any atom is 0.257 e. The molecule has 0 bridgehead atoms. The van der Waals surface area contributed by atoms with Gasteiger partial charge in [0.2, 0.25) is 0 Å². The highest BCUT2D eigenvalue weighted by Gasteiger charge is 2.20. The highest BCUT2D eigenvalue weighted by atomic mass is 32.2. The smallest absolute Gasteiger partial charge is 0.257 e. The lowest BCUT2D eigenvalue weighted by Crippen LogP contribution is -2.39. The Labute approximate surface area is 116 Å². The molecule has 0 saturated carbocycles. The number of nitrogens with one attached hydrogen (secondary N) is 2. The normalized spacial score (nSPS) is 17.7. The van der Waals surface area contributed by atoms with Gasteiger partial charge in [-0.15, -0.1) is 0 Å². The van der Waals surface area contributed by atoms with E-state index in [1.165, 1.54) is 6.20 Å². The van der Waals surface area contributed by atoms with Crippen LogP contribution in [0.3, 0.4) is 0 Å². The topological polar surface area (TPSA) is 98.3 Å². The summed E-state index contributed by atoms with van der Waals surface area (Å²) in [6.45, 7) is 2.70. The van der Waals surface area contributed by atoms with Crippen molar-refractivity contribution in [2.45, 2.75) is 11.6 Å². The quantitative estimate of drug-likeness (QED) is 0.638. The zero-order valence-corrected chi connectivity index (χ0v) is 12.1. The van der Waals surface area contributed by atoms with Crippen LogP contribution in [0.4, 0.5) is 0 Å². The van der Waals surface area contributed by atoms with Gasteiger partial charge in [0, 0.05) is 43.2 Å². The molecule has 0 unspecified atom stereocenters. The number of nitrogens with zero attached hydrogens (tertiary/aromatic N) is 2. The average molecular weight is 306 g/mol. The Morgan fingerprint density at radius 2 is 2.21 bits per heavy atom. The first-order valence-electron chi connectivity index (χ1n) is 6.06. The van der Waals surface area contributed by atoms with Crippen molar-refractivity contribution in [2.24, 2.45) is 0 Å². The largest absolute Gasteiger partial charge is 0.392 e. The summed E-state index contributed by atoms with van der Waals surface area (Å²) >= 11 is 1.92. The van der Waals surface area contributed by atoms with E-state index < -0.39 is 10.0 Å². The Morgan fingerprint density at radius 3 is 2.89 bits per heavy atom. The number of aromatic amines is 1. The highest BCUT2D eigenvalue weighted by molar-refractivity contribution is 7.99. The zero-order valence-electron chi connectivity index (χ0n) is 10.5. The van der Waals surface area contributed by atoms with Gasteiger partial charge in [-0.25, -0.2) is 13.1 Å². The summed E-state index contributed by atoms with van der Waals surface area (Å²) in [4.78, 5) is 2.24. The van der Waals surface area contributed by atoms with Gasteiger partial charge in [0.05, 0.1) is 12.8 Å². The third kappa shape index (κ3) is 3.93. The van der Waals surface area contributed by atoms with Crippen LogP contribution in [0.1, 0.15) is 5.56 Å². The van der Waals surface area contributed by atoms with Crippen LogP contribution in [-0.4, -0.2) is 66.3 Å². The van der Waals surface area contributed by atoms with Crippen LogP contribution < -0.4 is 4.72 Å². The first kappa shape index (κ1) is 14.8. The third-order valence-corrected chi connectivity index (χ3v) is 5.36. The summed E-state index contributed by atoms with van der Waals surface area (Å²) in [6.07, 6.45) is 1.32. The van der Waals surface area contributed by atoms with E-state index in [2.05, 4.69) is 19.8 Å². The summed E-state index contributed by atoms with van der Waals surface area (Å²) in [7, 11) is -3.62. The van der Waals surface area contributed by atoms with Crippen LogP contribution in [0.15, 0.2) is 11.2 Å². The number of rotatable bonds is 6. The number of aliphatic hydroxyl groups is 1. The molecule has 19 heavy (non-hydrogen) atoms. The first-order chi connectivity index (χ1) is 9.13. The molecule has 0 spiro atoms. The Kier molecular flexibility index (Phi) is 5.22. The third-order valence-electron chi connectivity index (χ3n) is 2.94.